The Morgan fingerprint density at radius 2 is 2.04 bits per heavy atom. The number of benzene rings is 1. The number of sulfonamides is 1. The first kappa shape index (κ1) is 18.2. The lowest BCUT2D eigenvalue weighted by Crippen LogP contribution is -2.33. The minimum atomic E-state index is -3.69. The molecule has 1 saturated heterocycles. The van der Waals surface area contributed by atoms with Gasteiger partial charge in [0.1, 0.15) is 5.75 Å². The van der Waals surface area contributed by atoms with Gasteiger partial charge in [0.2, 0.25) is 15.9 Å². The Balaban J connectivity index is 2.23. The first-order valence-electron chi connectivity index (χ1n) is 7.35. The summed E-state index contributed by atoms with van der Waals surface area (Å²) in [5, 5.41) is 14.2. The van der Waals surface area contributed by atoms with Crippen molar-refractivity contribution in [2.75, 3.05) is 19.4 Å². The number of rotatable bonds is 7. The standard InChI is InChI=1S/C15H20N2O6S/c1-23-12-4-2-11(3-5-12)13(7-15(19)20)17-8-10(6-14(17)18)9-24(16,21)22/h2-5,10,13H,6-9H2,1H3,(H,19,20)(H2,16,21,22). The topological polar surface area (TPSA) is 127 Å². The molecule has 24 heavy (non-hydrogen) atoms. The minimum absolute atomic E-state index is 0.0443. The van der Waals surface area contributed by atoms with Crippen LogP contribution in [0.5, 0.6) is 5.75 Å². The van der Waals surface area contributed by atoms with E-state index in [0.29, 0.717) is 11.3 Å². The summed E-state index contributed by atoms with van der Waals surface area (Å²) in [4.78, 5) is 24.9. The second kappa shape index (κ2) is 7.18. The highest BCUT2D eigenvalue weighted by Crippen LogP contribution is 2.32. The van der Waals surface area contributed by atoms with E-state index in [4.69, 9.17) is 15.0 Å². The molecule has 2 rings (SSSR count). The van der Waals surface area contributed by atoms with Crippen molar-refractivity contribution in [1.29, 1.82) is 0 Å². The zero-order chi connectivity index (χ0) is 17.9. The van der Waals surface area contributed by atoms with E-state index in [1.807, 2.05) is 0 Å². The fourth-order valence-electron chi connectivity index (χ4n) is 2.95. The third-order valence-corrected chi connectivity index (χ3v) is 4.89. The van der Waals surface area contributed by atoms with Crippen molar-refractivity contribution in [3.05, 3.63) is 29.8 Å². The molecule has 2 unspecified atom stereocenters. The highest BCUT2D eigenvalue weighted by Gasteiger charge is 2.37. The summed E-state index contributed by atoms with van der Waals surface area (Å²) in [5.74, 6) is -1.42. The smallest absolute Gasteiger partial charge is 0.305 e. The summed E-state index contributed by atoms with van der Waals surface area (Å²) in [7, 11) is -2.17. The lowest BCUT2D eigenvalue weighted by Gasteiger charge is -2.27. The maximum Gasteiger partial charge on any atom is 0.305 e. The van der Waals surface area contributed by atoms with Crippen LogP contribution in [0.15, 0.2) is 24.3 Å². The number of hydrogen-bond donors (Lipinski definition) is 2. The number of carboxylic acid groups (broad SMARTS) is 1. The molecule has 0 bridgehead atoms. The molecular weight excluding hydrogens is 336 g/mol. The number of carboxylic acids is 1. The second-order valence-electron chi connectivity index (χ2n) is 5.83. The Morgan fingerprint density at radius 3 is 2.54 bits per heavy atom. The molecule has 1 fully saturated rings. The maximum atomic E-state index is 12.3. The first-order chi connectivity index (χ1) is 11.2. The van der Waals surface area contributed by atoms with Crippen molar-refractivity contribution in [3.63, 3.8) is 0 Å². The summed E-state index contributed by atoms with van der Waals surface area (Å²) in [6, 6.07) is 6.12. The Hall–Kier alpha value is -2.13. The summed E-state index contributed by atoms with van der Waals surface area (Å²) in [6.45, 7) is 0.166. The van der Waals surface area contributed by atoms with E-state index in [-0.39, 0.29) is 31.0 Å². The molecule has 1 aromatic carbocycles. The number of ether oxygens (including phenoxy) is 1. The van der Waals surface area contributed by atoms with Crippen molar-refractivity contribution in [2.24, 2.45) is 11.1 Å². The van der Waals surface area contributed by atoms with Crippen molar-refractivity contribution in [1.82, 2.24) is 4.90 Å². The summed E-state index contributed by atoms with van der Waals surface area (Å²) < 4.78 is 27.5. The molecule has 1 heterocycles. The number of nitrogens with zero attached hydrogens (tertiary/aromatic N) is 1. The third-order valence-electron chi connectivity index (χ3n) is 3.95. The average molecular weight is 356 g/mol. The van der Waals surface area contributed by atoms with Gasteiger partial charge in [0, 0.05) is 18.9 Å². The monoisotopic (exact) mass is 356 g/mol. The predicted octanol–water partition coefficient (Wildman–Crippen LogP) is 0.348. The molecule has 2 atom stereocenters. The number of likely N-dealkylation sites (tertiary alicyclic amines) is 1. The van der Waals surface area contributed by atoms with E-state index in [2.05, 4.69) is 0 Å². The Bertz CT molecular complexity index is 716. The summed E-state index contributed by atoms with van der Waals surface area (Å²) in [5.41, 5.74) is 0.655. The second-order valence-corrected chi connectivity index (χ2v) is 7.49. The van der Waals surface area contributed by atoms with Gasteiger partial charge in [0.15, 0.2) is 0 Å². The van der Waals surface area contributed by atoms with Crippen molar-refractivity contribution < 1.29 is 27.9 Å². The molecule has 8 nitrogen and oxygen atoms in total. The van der Waals surface area contributed by atoms with Crippen LogP contribution < -0.4 is 9.88 Å². The number of amides is 1. The molecule has 1 aliphatic heterocycles. The number of carbonyl (C=O) groups excluding carboxylic acids is 1. The zero-order valence-corrected chi connectivity index (χ0v) is 14.0. The van der Waals surface area contributed by atoms with Crippen LogP contribution in [-0.2, 0) is 19.6 Å². The van der Waals surface area contributed by atoms with Gasteiger partial charge < -0.3 is 14.7 Å². The third kappa shape index (κ3) is 4.68. The lowest BCUT2D eigenvalue weighted by molar-refractivity contribution is -0.139. The van der Waals surface area contributed by atoms with Gasteiger partial charge in [-0.3, -0.25) is 9.59 Å². The SMILES string of the molecule is COc1ccc(C(CC(=O)O)N2CC(CS(N)(=O)=O)CC2=O)cc1. The summed E-state index contributed by atoms with van der Waals surface area (Å²) in [6.07, 6.45) is -0.219. The van der Waals surface area contributed by atoms with E-state index >= 15 is 0 Å². The van der Waals surface area contributed by atoms with E-state index in [1.54, 1.807) is 24.3 Å². The largest absolute Gasteiger partial charge is 0.497 e. The van der Waals surface area contributed by atoms with Crippen molar-refractivity contribution >= 4 is 21.9 Å². The van der Waals surface area contributed by atoms with E-state index in [9.17, 15) is 18.0 Å². The van der Waals surface area contributed by atoms with E-state index in [1.165, 1.54) is 12.0 Å². The fourth-order valence-corrected chi connectivity index (χ4v) is 3.83. The normalized spacial score (nSPS) is 19.3. The van der Waals surface area contributed by atoms with Crippen LogP contribution in [0.2, 0.25) is 0 Å². The van der Waals surface area contributed by atoms with Crippen LogP contribution in [0.4, 0.5) is 0 Å². The van der Waals surface area contributed by atoms with Crippen LogP contribution in [0, 0.1) is 5.92 Å². The Labute approximate surface area is 140 Å². The van der Waals surface area contributed by atoms with Gasteiger partial charge in [-0.2, -0.15) is 0 Å². The van der Waals surface area contributed by atoms with Gasteiger partial charge >= 0.3 is 5.97 Å². The van der Waals surface area contributed by atoms with Crippen LogP contribution >= 0.6 is 0 Å². The average Bonchev–Trinajstić information content (AvgIpc) is 2.83. The Kier molecular flexibility index (Phi) is 5.45. The highest BCUT2D eigenvalue weighted by atomic mass is 32.2. The van der Waals surface area contributed by atoms with Crippen LogP contribution in [0.3, 0.4) is 0 Å². The zero-order valence-electron chi connectivity index (χ0n) is 13.2. The number of methoxy groups -OCH3 is 1. The quantitative estimate of drug-likeness (QED) is 0.726. The lowest BCUT2D eigenvalue weighted by atomic mass is 10.0. The number of primary sulfonamides is 1. The molecule has 0 spiro atoms. The predicted molar refractivity (Wildman–Crippen MR) is 85.8 cm³/mol. The number of nitrogens with two attached hydrogens (primary N) is 1. The van der Waals surface area contributed by atoms with Gasteiger partial charge in [-0.15, -0.1) is 0 Å². The van der Waals surface area contributed by atoms with Gasteiger partial charge in [0.05, 0.1) is 25.3 Å². The molecule has 0 radical (unpaired) electrons. The number of aliphatic carboxylic acids is 1. The molecule has 1 amide bonds. The van der Waals surface area contributed by atoms with Crippen molar-refractivity contribution in [2.45, 2.75) is 18.9 Å². The van der Waals surface area contributed by atoms with Gasteiger partial charge in [-0.25, -0.2) is 13.6 Å². The molecule has 0 aliphatic carbocycles. The molecule has 3 N–H and O–H groups in total. The first-order valence-corrected chi connectivity index (χ1v) is 9.07. The summed E-state index contributed by atoms with van der Waals surface area (Å²) >= 11 is 0. The van der Waals surface area contributed by atoms with E-state index in [0.717, 1.165) is 0 Å². The molecule has 1 aromatic rings. The molecule has 1 aliphatic rings. The minimum Gasteiger partial charge on any atom is -0.497 e. The number of hydrogen-bond acceptors (Lipinski definition) is 5. The van der Waals surface area contributed by atoms with Gasteiger partial charge in [0.25, 0.3) is 0 Å². The van der Waals surface area contributed by atoms with Crippen LogP contribution in [0.25, 0.3) is 0 Å². The van der Waals surface area contributed by atoms with Gasteiger partial charge in [-0.05, 0) is 17.7 Å². The maximum absolute atomic E-state index is 12.3. The molecule has 0 saturated carbocycles. The van der Waals surface area contributed by atoms with Gasteiger partial charge in [-0.1, -0.05) is 12.1 Å². The number of carbonyl (C=O) groups is 2. The van der Waals surface area contributed by atoms with Crippen molar-refractivity contribution in [3.8, 4) is 5.75 Å². The molecule has 9 heteroatoms. The molecule has 0 aromatic heterocycles. The molecular formula is C15H20N2O6S. The van der Waals surface area contributed by atoms with Crippen LogP contribution in [0.1, 0.15) is 24.4 Å². The fraction of sp³-hybridized carbons (Fsp3) is 0.467. The van der Waals surface area contributed by atoms with E-state index < -0.39 is 28.0 Å². The highest BCUT2D eigenvalue weighted by molar-refractivity contribution is 7.89. The molecule has 132 valence electrons. The van der Waals surface area contributed by atoms with Crippen LogP contribution in [-0.4, -0.2) is 49.7 Å². The Morgan fingerprint density at radius 1 is 1.42 bits per heavy atom.